The summed E-state index contributed by atoms with van der Waals surface area (Å²) < 4.78 is 0. The van der Waals surface area contributed by atoms with Gasteiger partial charge >= 0.3 is 0 Å². The van der Waals surface area contributed by atoms with E-state index in [2.05, 4.69) is 217 Å². The third-order valence-corrected chi connectivity index (χ3v) is 13.4. The van der Waals surface area contributed by atoms with E-state index in [9.17, 15) is 0 Å². The first-order valence-electron chi connectivity index (χ1n) is 19.7. The average molecular weight is 742 g/mol. The van der Waals surface area contributed by atoms with Crippen LogP contribution in [-0.4, -0.2) is 0 Å². The molecule has 0 N–H and O–H groups in total. The Morgan fingerprint density at radius 3 is 1.65 bits per heavy atom. The van der Waals surface area contributed by atoms with Crippen LogP contribution in [0.5, 0.6) is 0 Å². The van der Waals surface area contributed by atoms with E-state index >= 15 is 0 Å². The van der Waals surface area contributed by atoms with Crippen LogP contribution < -0.4 is 4.90 Å². The largest absolute Gasteiger partial charge is 0.310 e. The SMILES string of the molecule is c1ccc(-c2cc3ccccc3cc2N(c2ccc3c(c2)C2(c4ccccc4Sc4ccccc42)c2cccc4cccc-3c24)c2ccc3ccccc3c2)cc1. The zero-order chi connectivity index (χ0) is 37.5. The molecule has 0 unspecified atom stereocenters. The van der Waals surface area contributed by atoms with Gasteiger partial charge in [-0.3, -0.25) is 0 Å². The minimum Gasteiger partial charge on any atom is -0.310 e. The van der Waals surface area contributed by atoms with Crippen LogP contribution in [0.25, 0.3) is 54.6 Å². The fraction of sp³-hybridized carbons (Fsp3) is 0.0182. The monoisotopic (exact) mass is 741 g/mol. The highest BCUT2D eigenvalue weighted by atomic mass is 32.2. The van der Waals surface area contributed by atoms with Gasteiger partial charge in [0.15, 0.2) is 0 Å². The molecule has 2 aliphatic rings. The van der Waals surface area contributed by atoms with Crippen molar-refractivity contribution in [3.8, 4) is 22.3 Å². The highest BCUT2D eigenvalue weighted by Gasteiger charge is 2.48. The Kier molecular flexibility index (Phi) is 7.14. The second-order valence-electron chi connectivity index (χ2n) is 15.2. The van der Waals surface area contributed by atoms with E-state index in [1.807, 2.05) is 11.8 Å². The smallest absolute Gasteiger partial charge is 0.0736 e. The lowest BCUT2D eigenvalue weighted by Crippen LogP contribution is -2.36. The van der Waals surface area contributed by atoms with Crippen molar-refractivity contribution in [1.82, 2.24) is 0 Å². The molecular formula is C55H35NS. The van der Waals surface area contributed by atoms with Crippen LogP contribution in [0.3, 0.4) is 0 Å². The van der Waals surface area contributed by atoms with Gasteiger partial charge in [-0.1, -0.05) is 176 Å². The first kappa shape index (κ1) is 32.4. The molecule has 0 aromatic heterocycles. The van der Waals surface area contributed by atoms with Gasteiger partial charge in [0.05, 0.1) is 11.1 Å². The topological polar surface area (TPSA) is 3.24 Å². The van der Waals surface area contributed by atoms with Crippen molar-refractivity contribution >= 4 is 61.1 Å². The van der Waals surface area contributed by atoms with Crippen molar-refractivity contribution in [3.63, 3.8) is 0 Å². The van der Waals surface area contributed by atoms with E-state index in [-0.39, 0.29) is 0 Å². The summed E-state index contributed by atoms with van der Waals surface area (Å²) in [4.78, 5) is 5.11. The summed E-state index contributed by atoms with van der Waals surface area (Å²) in [6.45, 7) is 0. The molecule has 0 fully saturated rings. The molecule has 0 saturated carbocycles. The summed E-state index contributed by atoms with van der Waals surface area (Å²) in [6, 6.07) is 79.2. The first-order chi connectivity index (χ1) is 28.3. The number of nitrogens with zero attached hydrogens (tertiary/aromatic N) is 1. The Labute approximate surface area is 336 Å². The first-order valence-corrected chi connectivity index (χ1v) is 20.5. The van der Waals surface area contributed by atoms with Crippen molar-refractivity contribution in [1.29, 1.82) is 0 Å². The molecule has 1 aliphatic heterocycles. The molecule has 0 bridgehead atoms. The summed E-state index contributed by atoms with van der Waals surface area (Å²) in [5.74, 6) is 0. The number of rotatable bonds is 4. The van der Waals surface area contributed by atoms with Crippen molar-refractivity contribution in [3.05, 3.63) is 235 Å². The van der Waals surface area contributed by atoms with Gasteiger partial charge < -0.3 is 4.90 Å². The summed E-state index contributed by atoms with van der Waals surface area (Å²) in [7, 11) is 0. The Morgan fingerprint density at radius 1 is 0.333 bits per heavy atom. The van der Waals surface area contributed by atoms with Gasteiger partial charge in [-0.25, -0.2) is 0 Å². The maximum atomic E-state index is 2.52. The molecule has 1 heterocycles. The zero-order valence-electron chi connectivity index (χ0n) is 31.1. The maximum absolute atomic E-state index is 2.52. The van der Waals surface area contributed by atoms with Crippen molar-refractivity contribution < 1.29 is 0 Å². The normalized spacial score (nSPS) is 13.3. The van der Waals surface area contributed by atoms with Crippen LogP contribution >= 0.6 is 11.8 Å². The Balaban J connectivity index is 1.22. The van der Waals surface area contributed by atoms with Gasteiger partial charge in [0.1, 0.15) is 0 Å². The van der Waals surface area contributed by atoms with E-state index in [0.717, 1.165) is 17.1 Å². The van der Waals surface area contributed by atoms with E-state index in [0.29, 0.717) is 0 Å². The molecule has 0 amide bonds. The van der Waals surface area contributed by atoms with Gasteiger partial charge in [-0.05, 0) is 120 Å². The predicted octanol–water partition coefficient (Wildman–Crippen LogP) is 15.1. The highest BCUT2D eigenvalue weighted by Crippen LogP contribution is 2.62. The van der Waals surface area contributed by atoms with E-state index in [1.54, 1.807) is 0 Å². The van der Waals surface area contributed by atoms with Gasteiger partial charge in [0.25, 0.3) is 0 Å². The Hall–Kier alpha value is -6.87. The summed E-state index contributed by atoms with van der Waals surface area (Å²) >= 11 is 1.89. The van der Waals surface area contributed by atoms with Crippen molar-refractivity contribution in [2.45, 2.75) is 15.2 Å². The number of anilines is 3. The van der Waals surface area contributed by atoms with Crippen LogP contribution in [0.15, 0.2) is 222 Å². The maximum Gasteiger partial charge on any atom is 0.0736 e. The van der Waals surface area contributed by atoms with E-state index in [1.165, 1.54) is 86.6 Å². The highest BCUT2D eigenvalue weighted by molar-refractivity contribution is 7.99. The minimum absolute atomic E-state index is 0.543. The molecule has 10 aromatic rings. The second-order valence-corrected chi connectivity index (χ2v) is 16.3. The molecule has 12 rings (SSSR count). The lowest BCUT2D eigenvalue weighted by molar-refractivity contribution is 0.707. The van der Waals surface area contributed by atoms with Crippen LogP contribution in [0.2, 0.25) is 0 Å². The van der Waals surface area contributed by atoms with Crippen molar-refractivity contribution in [2.24, 2.45) is 0 Å². The van der Waals surface area contributed by atoms with Crippen LogP contribution in [0.4, 0.5) is 17.1 Å². The van der Waals surface area contributed by atoms with Gasteiger partial charge in [-0.15, -0.1) is 0 Å². The molecule has 1 spiro atoms. The quantitative estimate of drug-likeness (QED) is 0.177. The Morgan fingerprint density at radius 2 is 0.895 bits per heavy atom. The number of hydrogen-bond acceptors (Lipinski definition) is 2. The fourth-order valence-electron chi connectivity index (χ4n) is 9.82. The summed E-state index contributed by atoms with van der Waals surface area (Å²) in [5.41, 5.74) is 13.1. The Bertz CT molecular complexity index is 3180. The molecule has 0 saturated heterocycles. The molecule has 0 atom stereocenters. The van der Waals surface area contributed by atoms with Crippen LogP contribution in [0.1, 0.15) is 22.3 Å². The van der Waals surface area contributed by atoms with Crippen LogP contribution in [-0.2, 0) is 5.41 Å². The van der Waals surface area contributed by atoms with Crippen LogP contribution in [0, 0.1) is 0 Å². The average Bonchev–Trinajstić information content (AvgIpc) is 3.28. The molecular weight excluding hydrogens is 707 g/mol. The fourth-order valence-corrected chi connectivity index (χ4v) is 11.0. The molecule has 1 nitrogen and oxygen atoms in total. The second kappa shape index (κ2) is 12.6. The lowest BCUT2D eigenvalue weighted by Gasteiger charge is -2.46. The van der Waals surface area contributed by atoms with Crippen molar-refractivity contribution in [2.75, 3.05) is 4.90 Å². The standard InChI is InChI=1S/C55H35NS/c1-2-15-37(16-3-1)46-33-40-18-6-7-19-41(40)34-51(46)56(42-29-28-36-14-4-5-17-39(36)32-42)43-30-31-44-45-22-12-20-38-21-13-25-49(54(38)45)55(50(44)35-43)47-23-8-10-26-52(47)57-53-27-11-9-24-48(53)55/h1-35H. The number of fused-ring (bicyclic) bond motifs is 10. The van der Waals surface area contributed by atoms with E-state index in [4.69, 9.17) is 0 Å². The third-order valence-electron chi connectivity index (χ3n) is 12.2. The number of hydrogen-bond donors (Lipinski definition) is 0. The molecule has 57 heavy (non-hydrogen) atoms. The molecule has 1 aliphatic carbocycles. The summed E-state index contributed by atoms with van der Waals surface area (Å²) in [6.07, 6.45) is 0. The molecule has 0 radical (unpaired) electrons. The minimum atomic E-state index is -0.543. The number of benzene rings is 10. The third kappa shape index (κ3) is 4.78. The van der Waals surface area contributed by atoms with Gasteiger partial charge in [0.2, 0.25) is 0 Å². The van der Waals surface area contributed by atoms with Gasteiger partial charge in [0, 0.05) is 26.7 Å². The molecule has 10 aromatic carbocycles. The van der Waals surface area contributed by atoms with Gasteiger partial charge in [-0.2, -0.15) is 0 Å². The lowest BCUT2D eigenvalue weighted by atomic mass is 9.59. The molecule has 2 heteroatoms. The zero-order valence-corrected chi connectivity index (χ0v) is 31.9. The summed E-state index contributed by atoms with van der Waals surface area (Å²) in [5, 5.41) is 7.48. The van der Waals surface area contributed by atoms with E-state index < -0.39 is 5.41 Å². The predicted molar refractivity (Wildman–Crippen MR) is 241 cm³/mol. The molecule has 266 valence electrons.